The van der Waals surface area contributed by atoms with Crippen molar-refractivity contribution in [3.63, 3.8) is 0 Å². The van der Waals surface area contributed by atoms with Gasteiger partial charge in [0.25, 0.3) is 5.91 Å². The Morgan fingerprint density at radius 1 is 1.16 bits per heavy atom. The van der Waals surface area contributed by atoms with Crippen LogP contribution in [0.5, 0.6) is 11.5 Å². The predicted molar refractivity (Wildman–Crippen MR) is 96.8 cm³/mol. The van der Waals surface area contributed by atoms with Gasteiger partial charge in [0, 0.05) is 24.7 Å². The summed E-state index contributed by atoms with van der Waals surface area (Å²) in [6.45, 7) is 5.26. The van der Waals surface area contributed by atoms with Crippen LogP contribution in [-0.4, -0.2) is 29.7 Å². The molecule has 0 spiro atoms. The first-order valence-electron chi connectivity index (χ1n) is 8.47. The largest absolute Gasteiger partial charge is 0.490 e. The molecule has 0 bridgehead atoms. The average Bonchev–Trinajstić information content (AvgIpc) is 2.84. The monoisotopic (exact) mass is 338 g/mol. The van der Waals surface area contributed by atoms with Crippen LogP contribution in [0.4, 0.5) is 0 Å². The molecule has 3 rings (SSSR count). The highest BCUT2D eigenvalue weighted by Crippen LogP contribution is 2.30. The third kappa shape index (κ3) is 4.38. The number of carbonyl (C=O) groups excluding carboxylic acids is 1. The van der Waals surface area contributed by atoms with Crippen LogP contribution in [0.15, 0.2) is 53.7 Å². The summed E-state index contributed by atoms with van der Waals surface area (Å²) in [7, 11) is 0. The normalized spacial score (nSPS) is 14.8. The second kappa shape index (κ2) is 7.83. The number of aromatic nitrogens is 1. The fourth-order valence-corrected chi connectivity index (χ4v) is 2.52. The van der Waals surface area contributed by atoms with E-state index >= 15 is 0 Å². The van der Waals surface area contributed by atoms with E-state index in [1.807, 2.05) is 50.2 Å². The van der Waals surface area contributed by atoms with Crippen LogP contribution in [0.2, 0.25) is 0 Å². The van der Waals surface area contributed by atoms with E-state index < -0.39 is 0 Å². The van der Waals surface area contributed by atoms with E-state index in [2.05, 4.69) is 4.99 Å². The minimum Gasteiger partial charge on any atom is -0.490 e. The third-order valence-corrected chi connectivity index (χ3v) is 3.66. The fourth-order valence-electron chi connectivity index (χ4n) is 2.52. The molecule has 0 radical (unpaired) electrons. The molecular formula is C20H22N2O3. The molecule has 130 valence electrons. The van der Waals surface area contributed by atoms with Crippen LogP contribution < -0.4 is 15.0 Å². The first-order valence-corrected chi connectivity index (χ1v) is 8.47. The lowest BCUT2D eigenvalue weighted by molar-refractivity contribution is 0.0964. The molecule has 0 N–H and O–H groups in total. The first-order chi connectivity index (χ1) is 12.1. The molecule has 1 aromatic carbocycles. The van der Waals surface area contributed by atoms with Gasteiger partial charge in [-0.05, 0) is 49.8 Å². The maximum atomic E-state index is 12.5. The molecule has 2 aromatic rings. The Kier molecular flexibility index (Phi) is 5.33. The van der Waals surface area contributed by atoms with Crippen molar-refractivity contribution < 1.29 is 14.3 Å². The number of ether oxygens (including phenoxy) is 2. The molecule has 1 aliphatic rings. The topological polar surface area (TPSA) is 52.8 Å². The number of hydrogen-bond acceptors (Lipinski definition) is 4. The minimum atomic E-state index is -0.146. The molecule has 1 aromatic heterocycles. The molecule has 5 nitrogen and oxygen atoms in total. The SMILES string of the molecule is CC(C)N=c1ccccn1C(=O)/C=C/c1ccc2c(c1)OCCCO2. The maximum Gasteiger partial charge on any atom is 0.256 e. The Bertz CT molecular complexity index is 850. The fraction of sp³-hybridized carbons (Fsp3) is 0.300. The Labute approximate surface area is 147 Å². The summed E-state index contributed by atoms with van der Waals surface area (Å²) in [6.07, 6.45) is 5.90. The zero-order chi connectivity index (χ0) is 17.6. The van der Waals surface area contributed by atoms with Gasteiger partial charge in [-0.1, -0.05) is 12.1 Å². The van der Waals surface area contributed by atoms with E-state index in [4.69, 9.17) is 9.47 Å². The number of allylic oxidation sites excluding steroid dienone is 1. The van der Waals surface area contributed by atoms with Crippen LogP contribution in [-0.2, 0) is 0 Å². The van der Waals surface area contributed by atoms with Crippen LogP contribution in [0, 0.1) is 0 Å². The quantitative estimate of drug-likeness (QED) is 0.807. The second-order valence-electron chi connectivity index (χ2n) is 6.08. The number of hydrogen-bond donors (Lipinski definition) is 0. The summed E-state index contributed by atoms with van der Waals surface area (Å²) in [4.78, 5) is 17.0. The Morgan fingerprint density at radius 3 is 2.76 bits per heavy atom. The Balaban J connectivity index is 1.83. The van der Waals surface area contributed by atoms with Gasteiger partial charge in [0.15, 0.2) is 11.5 Å². The zero-order valence-electron chi connectivity index (χ0n) is 14.5. The van der Waals surface area contributed by atoms with Gasteiger partial charge in [-0.15, -0.1) is 0 Å². The highest BCUT2D eigenvalue weighted by atomic mass is 16.5. The van der Waals surface area contributed by atoms with Gasteiger partial charge in [-0.25, -0.2) is 0 Å². The van der Waals surface area contributed by atoms with Gasteiger partial charge in [0.05, 0.1) is 13.2 Å². The number of rotatable bonds is 3. The summed E-state index contributed by atoms with van der Waals surface area (Å²) in [5, 5.41) is 0. The van der Waals surface area contributed by atoms with Gasteiger partial charge in [-0.2, -0.15) is 0 Å². The first kappa shape index (κ1) is 17.0. The summed E-state index contributed by atoms with van der Waals surface area (Å²) in [5.41, 5.74) is 1.53. The van der Waals surface area contributed by atoms with Crippen molar-refractivity contribution in [3.8, 4) is 11.5 Å². The van der Waals surface area contributed by atoms with E-state index in [-0.39, 0.29) is 11.9 Å². The highest BCUT2D eigenvalue weighted by Gasteiger charge is 2.10. The minimum absolute atomic E-state index is 0.118. The van der Waals surface area contributed by atoms with E-state index in [0.717, 1.165) is 23.5 Å². The smallest absolute Gasteiger partial charge is 0.256 e. The van der Waals surface area contributed by atoms with Gasteiger partial charge in [-0.3, -0.25) is 14.4 Å². The number of fused-ring (bicyclic) bond motifs is 1. The molecule has 0 saturated heterocycles. The maximum absolute atomic E-state index is 12.5. The van der Waals surface area contributed by atoms with E-state index in [1.54, 1.807) is 22.9 Å². The van der Waals surface area contributed by atoms with Gasteiger partial charge in [0.2, 0.25) is 0 Å². The number of benzene rings is 1. The standard InChI is InChI=1S/C20H22N2O3/c1-15(2)21-19-6-3-4-11-22(19)20(23)10-8-16-7-9-17-18(14-16)25-13-5-12-24-17/h3-4,6-11,14-15H,5,12-13H2,1-2H3/b10-8+,21-19?. The molecule has 5 heteroatoms. The number of nitrogens with zero attached hydrogens (tertiary/aromatic N) is 2. The van der Waals surface area contributed by atoms with Crippen LogP contribution in [0.25, 0.3) is 6.08 Å². The third-order valence-electron chi connectivity index (χ3n) is 3.66. The van der Waals surface area contributed by atoms with Gasteiger partial charge < -0.3 is 9.47 Å². The lowest BCUT2D eigenvalue weighted by Gasteiger charge is -2.07. The molecule has 0 fully saturated rings. The van der Waals surface area contributed by atoms with E-state index in [1.165, 1.54) is 0 Å². The summed E-state index contributed by atoms with van der Waals surface area (Å²) >= 11 is 0. The van der Waals surface area contributed by atoms with Crippen LogP contribution in [0.1, 0.15) is 30.6 Å². The van der Waals surface area contributed by atoms with Crippen LogP contribution in [0.3, 0.4) is 0 Å². The van der Waals surface area contributed by atoms with Crippen LogP contribution >= 0.6 is 0 Å². The van der Waals surface area contributed by atoms with Crippen molar-refractivity contribution in [1.82, 2.24) is 4.57 Å². The van der Waals surface area contributed by atoms with Crippen molar-refractivity contribution in [1.29, 1.82) is 0 Å². The molecule has 0 amide bonds. The van der Waals surface area contributed by atoms with Gasteiger partial charge in [0.1, 0.15) is 5.49 Å². The second-order valence-corrected chi connectivity index (χ2v) is 6.08. The Hall–Kier alpha value is -2.82. The van der Waals surface area contributed by atoms with Crippen molar-refractivity contribution in [2.45, 2.75) is 26.3 Å². The molecule has 2 heterocycles. The molecule has 0 saturated carbocycles. The lowest BCUT2D eigenvalue weighted by Crippen LogP contribution is -2.26. The predicted octanol–water partition coefficient (Wildman–Crippen LogP) is 3.31. The summed E-state index contributed by atoms with van der Waals surface area (Å²) in [5.74, 6) is 1.32. The molecular weight excluding hydrogens is 316 g/mol. The van der Waals surface area contributed by atoms with E-state index in [0.29, 0.717) is 18.7 Å². The number of carbonyl (C=O) groups is 1. The molecule has 0 atom stereocenters. The molecule has 25 heavy (non-hydrogen) atoms. The molecule has 0 aliphatic carbocycles. The Morgan fingerprint density at radius 2 is 1.96 bits per heavy atom. The van der Waals surface area contributed by atoms with Crippen molar-refractivity contribution in [2.75, 3.05) is 13.2 Å². The average molecular weight is 338 g/mol. The van der Waals surface area contributed by atoms with E-state index in [9.17, 15) is 4.79 Å². The molecule has 0 unspecified atom stereocenters. The summed E-state index contributed by atoms with van der Waals surface area (Å²) < 4.78 is 12.8. The number of pyridine rings is 1. The summed E-state index contributed by atoms with van der Waals surface area (Å²) in [6, 6.07) is 11.3. The zero-order valence-corrected chi connectivity index (χ0v) is 14.5. The van der Waals surface area contributed by atoms with Crippen molar-refractivity contribution in [2.24, 2.45) is 4.99 Å². The van der Waals surface area contributed by atoms with Gasteiger partial charge >= 0.3 is 0 Å². The lowest BCUT2D eigenvalue weighted by atomic mass is 10.2. The highest BCUT2D eigenvalue weighted by molar-refractivity contribution is 5.93. The molecule has 1 aliphatic heterocycles. The van der Waals surface area contributed by atoms with Crippen molar-refractivity contribution in [3.05, 3.63) is 59.7 Å². The van der Waals surface area contributed by atoms with Crippen molar-refractivity contribution >= 4 is 12.0 Å².